The molecule has 0 aliphatic carbocycles. The zero-order valence-corrected chi connectivity index (χ0v) is 14.9. The van der Waals surface area contributed by atoms with Gasteiger partial charge < -0.3 is 9.80 Å². The van der Waals surface area contributed by atoms with Crippen molar-refractivity contribution in [3.05, 3.63) is 103 Å². The molecule has 3 nitrogen and oxygen atoms in total. The van der Waals surface area contributed by atoms with Crippen LogP contribution in [-0.2, 0) is 0 Å². The minimum atomic E-state index is 0.736. The van der Waals surface area contributed by atoms with E-state index in [4.69, 9.17) is 0 Å². The summed E-state index contributed by atoms with van der Waals surface area (Å²) in [5.41, 5.74) is 5.91. The third kappa shape index (κ3) is 2.74. The Balaban J connectivity index is 1.64. The summed E-state index contributed by atoms with van der Waals surface area (Å²) >= 11 is 0. The summed E-state index contributed by atoms with van der Waals surface area (Å²) in [6, 6.07) is 33.7. The standard InChI is InChI=1S/C24H19N3/c1-3-10-19(11-4-1)21-14-7-8-15-22(21)27-18-26(20-12-5-2-6-13-20)24-23(27)16-9-17-25-24/h1-17H,18H2. The van der Waals surface area contributed by atoms with Crippen molar-refractivity contribution in [2.45, 2.75) is 0 Å². The first-order valence-corrected chi connectivity index (χ1v) is 9.11. The lowest BCUT2D eigenvalue weighted by atomic mass is 10.0. The predicted molar refractivity (Wildman–Crippen MR) is 112 cm³/mol. The monoisotopic (exact) mass is 349 g/mol. The largest absolute Gasteiger partial charge is 0.319 e. The maximum atomic E-state index is 4.68. The smallest absolute Gasteiger partial charge is 0.158 e. The molecule has 1 aliphatic heterocycles. The second-order valence-electron chi connectivity index (χ2n) is 6.56. The lowest BCUT2D eigenvalue weighted by Crippen LogP contribution is -2.24. The van der Waals surface area contributed by atoms with E-state index in [0.29, 0.717) is 0 Å². The van der Waals surface area contributed by atoms with E-state index < -0.39 is 0 Å². The highest BCUT2D eigenvalue weighted by molar-refractivity contribution is 5.90. The van der Waals surface area contributed by atoms with Crippen LogP contribution in [0.3, 0.4) is 0 Å². The normalized spacial score (nSPS) is 12.9. The van der Waals surface area contributed by atoms with Gasteiger partial charge in [-0.1, -0.05) is 66.7 Å². The highest BCUT2D eigenvalue weighted by Gasteiger charge is 2.30. The van der Waals surface area contributed by atoms with Gasteiger partial charge in [0.15, 0.2) is 5.82 Å². The van der Waals surface area contributed by atoms with Crippen LogP contribution in [0.25, 0.3) is 11.1 Å². The molecule has 0 N–H and O–H groups in total. The number of pyridine rings is 1. The second-order valence-corrected chi connectivity index (χ2v) is 6.56. The van der Waals surface area contributed by atoms with Gasteiger partial charge in [0.25, 0.3) is 0 Å². The lowest BCUT2D eigenvalue weighted by Gasteiger charge is -2.24. The molecule has 1 aromatic heterocycles. The van der Waals surface area contributed by atoms with Crippen molar-refractivity contribution < 1.29 is 0 Å². The molecule has 0 radical (unpaired) electrons. The van der Waals surface area contributed by atoms with E-state index >= 15 is 0 Å². The lowest BCUT2D eigenvalue weighted by molar-refractivity contribution is 0.982. The van der Waals surface area contributed by atoms with Crippen LogP contribution in [0.15, 0.2) is 103 Å². The van der Waals surface area contributed by atoms with E-state index in [9.17, 15) is 0 Å². The molecular weight excluding hydrogens is 330 g/mol. The molecule has 2 heterocycles. The summed E-state index contributed by atoms with van der Waals surface area (Å²) in [6.45, 7) is 0.736. The number of anilines is 4. The molecule has 130 valence electrons. The summed E-state index contributed by atoms with van der Waals surface area (Å²) in [5, 5.41) is 0. The van der Waals surface area contributed by atoms with Crippen LogP contribution in [0.5, 0.6) is 0 Å². The van der Waals surface area contributed by atoms with Crippen molar-refractivity contribution in [3.8, 4) is 11.1 Å². The zero-order valence-electron chi connectivity index (χ0n) is 14.9. The summed E-state index contributed by atoms with van der Waals surface area (Å²) in [5.74, 6) is 0.992. The Labute approximate surface area is 159 Å². The zero-order chi connectivity index (χ0) is 18.1. The Morgan fingerprint density at radius 1 is 0.593 bits per heavy atom. The Bertz CT molecular complexity index is 1060. The van der Waals surface area contributed by atoms with Crippen LogP contribution in [0.2, 0.25) is 0 Å². The second kappa shape index (κ2) is 6.61. The quantitative estimate of drug-likeness (QED) is 0.452. The van der Waals surface area contributed by atoms with Gasteiger partial charge >= 0.3 is 0 Å². The number of hydrogen-bond acceptors (Lipinski definition) is 3. The maximum Gasteiger partial charge on any atom is 0.158 e. The Morgan fingerprint density at radius 2 is 1.26 bits per heavy atom. The minimum absolute atomic E-state index is 0.736. The van der Waals surface area contributed by atoms with Crippen molar-refractivity contribution in [1.29, 1.82) is 0 Å². The van der Waals surface area contributed by atoms with Gasteiger partial charge in [0, 0.05) is 17.4 Å². The SMILES string of the molecule is c1ccc(-c2ccccc2N2CN(c3ccccc3)c3ncccc32)cc1. The number of nitrogens with zero attached hydrogens (tertiary/aromatic N) is 3. The Morgan fingerprint density at radius 3 is 2.07 bits per heavy atom. The third-order valence-electron chi connectivity index (χ3n) is 4.94. The van der Waals surface area contributed by atoms with Crippen LogP contribution < -0.4 is 9.80 Å². The topological polar surface area (TPSA) is 19.4 Å². The van der Waals surface area contributed by atoms with Gasteiger partial charge in [0.05, 0.1) is 11.4 Å². The molecule has 0 amide bonds. The van der Waals surface area contributed by atoms with E-state index in [1.165, 1.54) is 16.8 Å². The van der Waals surface area contributed by atoms with Crippen molar-refractivity contribution in [2.24, 2.45) is 0 Å². The molecule has 0 atom stereocenters. The van der Waals surface area contributed by atoms with Crippen LogP contribution >= 0.6 is 0 Å². The fourth-order valence-corrected chi connectivity index (χ4v) is 3.68. The van der Waals surface area contributed by atoms with Gasteiger partial charge in [-0.05, 0) is 35.9 Å². The van der Waals surface area contributed by atoms with Crippen LogP contribution in [0, 0.1) is 0 Å². The molecule has 0 unspecified atom stereocenters. The van der Waals surface area contributed by atoms with Gasteiger partial charge in [-0.25, -0.2) is 4.98 Å². The van der Waals surface area contributed by atoms with Gasteiger partial charge in [-0.2, -0.15) is 0 Å². The third-order valence-corrected chi connectivity index (χ3v) is 4.94. The first-order valence-electron chi connectivity index (χ1n) is 9.11. The van der Waals surface area contributed by atoms with Crippen molar-refractivity contribution in [3.63, 3.8) is 0 Å². The maximum absolute atomic E-state index is 4.68. The van der Waals surface area contributed by atoms with E-state index in [1.54, 1.807) is 0 Å². The highest BCUT2D eigenvalue weighted by atomic mass is 15.4. The van der Waals surface area contributed by atoms with Crippen LogP contribution in [-0.4, -0.2) is 11.7 Å². The van der Waals surface area contributed by atoms with Gasteiger partial charge in [-0.3, -0.25) is 0 Å². The molecule has 1 aliphatic rings. The summed E-state index contributed by atoms with van der Waals surface area (Å²) in [7, 11) is 0. The summed E-state index contributed by atoms with van der Waals surface area (Å²) in [6.07, 6.45) is 1.86. The number of rotatable bonds is 3. The molecule has 3 aromatic carbocycles. The van der Waals surface area contributed by atoms with Gasteiger partial charge in [-0.15, -0.1) is 0 Å². The Kier molecular flexibility index (Phi) is 3.83. The van der Waals surface area contributed by atoms with Crippen molar-refractivity contribution in [1.82, 2.24) is 4.98 Å². The molecule has 0 saturated carbocycles. The molecule has 0 spiro atoms. The van der Waals surface area contributed by atoms with Gasteiger partial charge in [0.1, 0.15) is 6.67 Å². The average Bonchev–Trinajstić information content (AvgIpc) is 3.15. The molecular formula is C24H19N3. The number of fused-ring (bicyclic) bond motifs is 1. The molecule has 27 heavy (non-hydrogen) atoms. The highest BCUT2D eigenvalue weighted by Crippen LogP contribution is 2.45. The first kappa shape index (κ1) is 15.6. The number of benzene rings is 3. The number of hydrogen-bond donors (Lipinski definition) is 0. The van der Waals surface area contributed by atoms with E-state index in [2.05, 4.69) is 99.7 Å². The van der Waals surface area contributed by atoms with E-state index in [-0.39, 0.29) is 0 Å². The molecule has 0 fully saturated rings. The number of para-hydroxylation sites is 2. The first-order chi connectivity index (χ1) is 13.4. The molecule has 3 heteroatoms. The molecule has 0 bridgehead atoms. The molecule has 5 rings (SSSR count). The summed E-state index contributed by atoms with van der Waals surface area (Å²) in [4.78, 5) is 9.29. The fraction of sp³-hybridized carbons (Fsp3) is 0.0417. The minimum Gasteiger partial charge on any atom is -0.319 e. The van der Waals surface area contributed by atoms with E-state index in [1.807, 2.05) is 18.3 Å². The van der Waals surface area contributed by atoms with Crippen molar-refractivity contribution >= 4 is 22.9 Å². The molecule has 4 aromatic rings. The average molecular weight is 349 g/mol. The van der Waals surface area contributed by atoms with Crippen LogP contribution in [0.1, 0.15) is 0 Å². The van der Waals surface area contributed by atoms with Crippen LogP contribution in [0.4, 0.5) is 22.9 Å². The van der Waals surface area contributed by atoms with Crippen molar-refractivity contribution in [2.75, 3.05) is 16.5 Å². The summed E-state index contributed by atoms with van der Waals surface area (Å²) < 4.78 is 0. The fourth-order valence-electron chi connectivity index (χ4n) is 3.68. The number of aromatic nitrogens is 1. The Hall–Kier alpha value is -3.59. The predicted octanol–water partition coefficient (Wildman–Crippen LogP) is 6.00. The molecule has 0 saturated heterocycles. The van der Waals surface area contributed by atoms with Gasteiger partial charge in [0.2, 0.25) is 0 Å². The van der Waals surface area contributed by atoms with E-state index in [0.717, 1.165) is 23.9 Å².